The molecule has 200 valence electrons. The summed E-state index contributed by atoms with van der Waals surface area (Å²) < 4.78 is 7.30. The molecule has 39 heavy (non-hydrogen) atoms. The van der Waals surface area contributed by atoms with Gasteiger partial charge in [0, 0.05) is 18.0 Å². The first-order valence-electron chi connectivity index (χ1n) is 12.7. The van der Waals surface area contributed by atoms with Crippen LogP contribution in [0.3, 0.4) is 0 Å². The summed E-state index contributed by atoms with van der Waals surface area (Å²) in [4.78, 5) is 24.7. The van der Waals surface area contributed by atoms with Gasteiger partial charge in [-0.05, 0) is 41.3 Å². The van der Waals surface area contributed by atoms with Gasteiger partial charge >= 0.3 is 5.97 Å². The third-order valence-corrected chi connectivity index (χ3v) is 6.66. The molecule has 1 aliphatic heterocycles. The average molecular weight is 528 g/mol. The van der Waals surface area contributed by atoms with Crippen molar-refractivity contribution in [1.29, 1.82) is 0 Å². The Hall–Kier alpha value is -4.47. The maximum absolute atomic E-state index is 13.3. The summed E-state index contributed by atoms with van der Waals surface area (Å²) in [5, 5.41) is 37.0. The largest absolute Gasteiger partial charge is 0.490 e. The Balaban J connectivity index is 1.37. The summed E-state index contributed by atoms with van der Waals surface area (Å²) in [6.45, 7) is 0.238. The lowest BCUT2D eigenvalue weighted by molar-refractivity contribution is -0.147. The molecular formula is C30H29N3O6. The van der Waals surface area contributed by atoms with Gasteiger partial charge < -0.3 is 25.4 Å². The van der Waals surface area contributed by atoms with Crippen molar-refractivity contribution < 1.29 is 29.6 Å². The topological polar surface area (TPSA) is 134 Å². The van der Waals surface area contributed by atoms with Crippen molar-refractivity contribution in [3.8, 4) is 28.1 Å². The quantitative estimate of drug-likeness (QED) is 0.277. The zero-order valence-electron chi connectivity index (χ0n) is 21.1. The minimum atomic E-state index is -1.64. The van der Waals surface area contributed by atoms with Gasteiger partial charge in [-0.3, -0.25) is 9.48 Å². The van der Waals surface area contributed by atoms with Crippen molar-refractivity contribution in [2.75, 3.05) is 6.61 Å². The van der Waals surface area contributed by atoms with Crippen LogP contribution in [0.25, 0.3) is 22.4 Å². The van der Waals surface area contributed by atoms with E-state index in [1.807, 2.05) is 72.8 Å². The van der Waals surface area contributed by atoms with E-state index in [4.69, 9.17) is 4.74 Å². The molecule has 1 amide bonds. The Morgan fingerprint density at radius 2 is 1.69 bits per heavy atom. The van der Waals surface area contributed by atoms with Crippen LogP contribution in [0.15, 0.2) is 84.9 Å². The van der Waals surface area contributed by atoms with Crippen molar-refractivity contribution in [3.05, 3.63) is 96.2 Å². The number of rotatable bonds is 8. The van der Waals surface area contributed by atoms with Crippen LogP contribution in [0, 0.1) is 0 Å². The van der Waals surface area contributed by atoms with Gasteiger partial charge in [0.2, 0.25) is 0 Å². The predicted molar refractivity (Wildman–Crippen MR) is 144 cm³/mol. The Morgan fingerprint density at radius 1 is 1.00 bits per heavy atom. The Morgan fingerprint density at radius 3 is 2.44 bits per heavy atom. The van der Waals surface area contributed by atoms with Crippen LogP contribution in [0.2, 0.25) is 0 Å². The van der Waals surface area contributed by atoms with Crippen molar-refractivity contribution in [1.82, 2.24) is 15.1 Å². The first-order valence-corrected chi connectivity index (χ1v) is 12.7. The molecule has 4 N–H and O–H groups in total. The second-order valence-corrected chi connectivity index (χ2v) is 9.59. The minimum absolute atomic E-state index is 0.0933. The molecule has 9 nitrogen and oxygen atoms in total. The lowest BCUT2D eigenvalue weighted by atomic mass is 9.97. The van der Waals surface area contributed by atoms with Gasteiger partial charge in [0.25, 0.3) is 5.91 Å². The number of aliphatic carboxylic acids is 1. The highest BCUT2D eigenvalue weighted by Gasteiger charge is 2.26. The number of ether oxygens (including phenoxy) is 1. The van der Waals surface area contributed by atoms with E-state index in [9.17, 15) is 24.9 Å². The summed E-state index contributed by atoms with van der Waals surface area (Å²) in [5.41, 5.74) is 4.46. The number of nitrogens with zero attached hydrogens (tertiary/aromatic N) is 2. The van der Waals surface area contributed by atoms with Crippen LogP contribution in [0.1, 0.15) is 22.5 Å². The number of carboxylic acid groups (broad SMARTS) is 1. The number of amides is 1. The van der Waals surface area contributed by atoms with Gasteiger partial charge in [0.1, 0.15) is 18.5 Å². The highest BCUT2D eigenvalue weighted by molar-refractivity contribution is 5.94. The molecule has 0 saturated heterocycles. The highest BCUT2D eigenvalue weighted by atomic mass is 16.5. The van der Waals surface area contributed by atoms with Gasteiger partial charge in [-0.25, -0.2) is 4.79 Å². The number of carbonyl (C=O) groups excluding carboxylic acids is 1. The second-order valence-electron chi connectivity index (χ2n) is 9.59. The molecule has 3 aromatic carbocycles. The van der Waals surface area contributed by atoms with Gasteiger partial charge in [-0.2, -0.15) is 5.10 Å². The van der Waals surface area contributed by atoms with E-state index in [1.54, 1.807) is 16.8 Å². The van der Waals surface area contributed by atoms with Crippen molar-refractivity contribution in [2.24, 2.45) is 0 Å². The molecule has 0 saturated carbocycles. The number of carbonyl (C=O) groups is 2. The van der Waals surface area contributed by atoms with E-state index >= 15 is 0 Å². The molecular weight excluding hydrogens is 498 g/mol. The highest BCUT2D eigenvalue weighted by Crippen LogP contribution is 2.32. The third kappa shape index (κ3) is 6.17. The summed E-state index contributed by atoms with van der Waals surface area (Å²) in [7, 11) is 0. The molecule has 4 aromatic rings. The number of nitrogens with one attached hydrogen (secondary N) is 1. The molecule has 0 unspecified atom stereocenters. The SMILES string of the molecule is O=C(N[C@H](Cc1ccc(-c2ccccc2)cc1)C[C@@H](O)C(=O)O)c1cc2n(n1)C[C@@H](O)COc1ccccc1-2. The Labute approximate surface area is 225 Å². The van der Waals surface area contributed by atoms with Crippen LogP contribution in [0.5, 0.6) is 5.75 Å². The molecule has 0 bridgehead atoms. The van der Waals surface area contributed by atoms with Crippen LogP contribution in [0.4, 0.5) is 0 Å². The van der Waals surface area contributed by atoms with Gasteiger partial charge in [0.05, 0.1) is 12.2 Å². The van der Waals surface area contributed by atoms with Crippen molar-refractivity contribution >= 4 is 11.9 Å². The fourth-order valence-corrected chi connectivity index (χ4v) is 4.70. The molecule has 1 aliphatic rings. The number of fused-ring (bicyclic) bond motifs is 3. The first kappa shape index (κ1) is 26.1. The monoisotopic (exact) mass is 527 g/mol. The summed E-state index contributed by atoms with van der Waals surface area (Å²) in [6.07, 6.45) is -2.32. The lowest BCUT2D eigenvalue weighted by Gasteiger charge is -2.20. The Kier molecular flexibility index (Phi) is 7.72. The number of benzene rings is 3. The van der Waals surface area contributed by atoms with Crippen molar-refractivity contribution in [3.63, 3.8) is 0 Å². The zero-order valence-corrected chi connectivity index (χ0v) is 21.1. The van der Waals surface area contributed by atoms with Crippen LogP contribution >= 0.6 is 0 Å². The standard InChI is InChI=1S/C30H29N3O6/c34-23-17-33-26(24-8-4-5-9-28(24)39-18-23)16-25(32-33)29(36)31-22(15-27(35)30(37)38)14-19-10-12-21(13-11-19)20-6-2-1-3-7-20/h1-13,16,22-23,27,34-35H,14-15,17-18H2,(H,31,36)(H,37,38)/t22-,23-,27-/m1/s1. The van der Waals surface area contributed by atoms with Crippen LogP contribution in [-0.4, -0.2) is 61.8 Å². The lowest BCUT2D eigenvalue weighted by Crippen LogP contribution is -2.40. The molecule has 0 aliphatic carbocycles. The fourth-order valence-electron chi connectivity index (χ4n) is 4.70. The molecule has 0 fully saturated rings. The maximum Gasteiger partial charge on any atom is 0.332 e. The van der Waals surface area contributed by atoms with Crippen LogP contribution < -0.4 is 10.1 Å². The maximum atomic E-state index is 13.3. The Bertz CT molecular complexity index is 1450. The molecule has 2 heterocycles. The summed E-state index contributed by atoms with van der Waals surface area (Å²) >= 11 is 0. The molecule has 1 aromatic heterocycles. The van der Waals surface area contributed by atoms with Crippen molar-refractivity contribution in [2.45, 2.75) is 37.6 Å². The number of para-hydroxylation sites is 1. The summed E-state index contributed by atoms with van der Waals surface area (Å²) in [5.74, 6) is -1.29. The number of hydrogen-bond acceptors (Lipinski definition) is 6. The fraction of sp³-hybridized carbons (Fsp3) is 0.233. The van der Waals surface area contributed by atoms with Crippen LogP contribution in [-0.2, 0) is 17.8 Å². The number of aliphatic hydroxyl groups is 2. The summed E-state index contributed by atoms with van der Waals surface area (Å²) in [6, 6.07) is 26.0. The first-order chi connectivity index (χ1) is 18.9. The van der Waals surface area contributed by atoms with Gasteiger partial charge in [0.15, 0.2) is 11.8 Å². The van der Waals surface area contributed by atoms with E-state index in [2.05, 4.69) is 10.4 Å². The van der Waals surface area contributed by atoms with E-state index in [0.29, 0.717) is 17.9 Å². The zero-order chi connectivity index (χ0) is 27.4. The normalized spacial score (nSPS) is 16.0. The van der Waals surface area contributed by atoms with E-state index in [0.717, 1.165) is 22.3 Å². The number of aromatic nitrogens is 2. The number of carboxylic acids is 1. The van der Waals surface area contributed by atoms with Gasteiger partial charge in [-0.1, -0.05) is 66.7 Å². The molecule has 0 radical (unpaired) electrons. The number of hydrogen-bond donors (Lipinski definition) is 4. The van der Waals surface area contributed by atoms with Gasteiger partial charge in [-0.15, -0.1) is 0 Å². The second kappa shape index (κ2) is 11.5. The van der Waals surface area contributed by atoms with E-state index < -0.39 is 30.1 Å². The van der Waals surface area contributed by atoms with E-state index in [1.165, 1.54) is 0 Å². The minimum Gasteiger partial charge on any atom is -0.490 e. The molecule has 5 rings (SSSR count). The molecule has 3 atom stereocenters. The molecule has 0 spiro atoms. The molecule has 9 heteroatoms. The third-order valence-electron chi connectivity index (χ3n) is 6.66. The average Bonchev–Trinajstić information content (AvgIpc) is 3.35. The predicted octanol–water partition coefficient (Wildman–Crippen LogP) is 3.15. The number of aliphatic hydroxyl groups excluding tert-OH is 2. The van der Waals surface area contributed by atoms with E-state index in [-0.39, 0.29) is 25.3 Å². The smallest absolute Gasteiger partial charge is 0.332 e.